The molecular formula is C16H21N5O2. The van der Waals surface area contributed by atoms with Crippen LogP contribution in [0.1, 0.15) is 39.0 Å². The fraction of sp³-hybridized carbons (Fsp3) is 0.375. The third kappa shape index (κ3) is 4.64. The second kappa shape index (κ2) is 7.04. The third-order valence-electron chi connectivity index (χ3n) is 2.96. The van der Waals surface area contributed by atoms with Gasteiger partial charge in [-0.3, -0.25) is 9.78 Å². The zero-order chi connectivity index (χ0) is 16.9. The van der Waals surface area contributed by atoms with E-state index in [1.807, 2.05) is 52.0 Å². The summed E-state index contributed by atoms with van der Waals surface area (Å²) in [6, 6.07) is 7.52. The highest BCUT2D eigenvalue weighted by Gasteiger charge is 2.20. The molecular weight excluding hydrogens is 294 g/mol. The van der Waals surface area contributed by atoms with E-state index in [0.29, 0.717) is 12.3 Å². The lowest BCUT2D eigenvalue weighted by atomic mass is 9.93. The molecule has 7 heteroatoms. The summed E-state index contributed by atoms with van der Waals surface area (Å²) in [6.07, 6.45) is 1.61. The molecule has 2 N–H and O–H groups in total. The largest absolute Gasteiger partial charge is 0.494 e. The second-order valence-electron chi connectivity index (χ2n) is 5.98. The van der Waals surface area contributed by atoms with Gasteiger partial charge < -0.3 is 4.74 Å². The first-order chi connectivity index (χ1) is 10.9. The van der Waals surface area contributed by atoms with E-state index in [2.05, 4.69) is 25.7 Å². The average Bonchev–Trinajstić information content (AvgIpc) is 2.47. The third-order valence-corrected chi connectivity index (χ3v) is 2.96. The molecule has 0 amide bonds. The molecule has 1 aromatic carbocycles. The van der Waals surface area contributed by atoms with Gasteiger partial charge in [-0.2, -0.15) is 5.10 Å². The second-order valence-corrected chi connectivity index (χ2v) is 5.98. The summed E-state index contributed by atoms with van der Waals surface area (Å²) in [6.45, 7) is 8.25. The normalized spacial score (nSPS) is 11.7. The molecule has 2 aromatic rings. The molecule has 0 bridgehead atoms. The number of hydrogen-bond donors (Lipinski definition) is 2. The molecule has 0 spiro atoms. The fourth-order valence-electron chi connectivity index (χ4n) is 1.90. The standard InChI is InChI=1S/C16H21N5O2/c1-5-23-12-8-6-7-11(9-12)10-17-20-15-18-14(22)13(19-21-15)16(2,3)4/h6-10H,5H2,1-4H3,(H2,18,20,21,22)/b17-10+. The Kier molecular flexibility index (Phi) is 5.10. The Hall–Kier alpha value is -2.70. The van der Waals surface area contributed by atoms with Gasteiger partial charge in [0.15, 0.2) is 0 Å². The Balaban J connectivity index is 2.07. The molecule has 0 fully saturated rings. The van der Waals surface area contributed by atoms with Gasteiger partial charge in [0.1, 0.15) is 11.4 Å². The van der Waals surface area contributed by atoms with Crippen molar-refractivity contribution in [2.75, 3.05) is 12.0 Å². The first-order valence-corrected chi connectivity index (χ1v) is 7.39. The lowest BCUT2D eigenvalue weighted by molar-refractivity contribution is 0.340. The molecule has 0 unspecified atom stereocenters. The predicted octanol–water partition coefficient (Wildman–Crippen LogP) is 2.31. The SMILES string of the molecule is CCOc1cccc(/C=N/Nc2nnc(C(C)(C)C)c(=O)[nH]2)c1. The number of ether oxygens (including phenoxy) is 1. The van der Waals surface area contributed by atoms with E-state index < -0.39 is 0 Å². The maximum absolute atomic E-state index is 12.0. The Bertz CT molecular complexity index is 747. The van der Waals surface area contributed by atoms with Crippen molar-refractivity contribution in [2.45, 2.75) is 33.1 Å². The summed E-state index contributed by atoms with van der Waals surface area (Å²) in [5, 5.41) is 11.9. The van der Waals surface area contributed by atoms with Crippen LogP contribution in [-0.2, 0) is 5.41 Å². The number of anilines is 1. The first-order valence-electron chi connectivity index (χ1n) is 7.39. The van der Waals surface area contributed by atoms with Crippen molar-refractivity contribution in [3.8, 4) is 5.75 Å². The van der Waals surface area contributed by atoms with Crippen LogP contribution in [0.25, 0.3) is 0 Å². The quantitative estimate of drug-likeness (QED) is 0.652. The fourth-order valence-corrected chi connectivity index (χ4v) is 1.90. The van der Waals surface area contributed by atoms with Crippen LogP contribution in [-0.4, -0.2) is 28.0 Å². The maximum Gasteiger partial charge on any atom is 0.274 e. The van der Waals surface area contributed by atoms with Gasteiger partial charge >= 0.3 is 0 Å². The summed E-state index contributed by atoms with van der Waals surface area (Å²) in [7, 11) is 0. The zero-order valence-corrected chi connectivity index (χ0v) is 13.8. The highest BCUT2D eigenvalue weighted by atomic mass is 16.5. The molecule has 1 aromatic heterocycles. The Labute approximate surface area is 134 Å². The van der Waals surface area contributed by atoms with Gasteiger partial charge in [-0.1, -0.05) is 32.9 Å². The van der Waals surface area contributed by atoms with Gasteiger partial charge in [0.25, 0.3) is 5.56 Å². The van der Waals surface area contributed by atoms with Gasteiger partial charge in [-0.05, 0) is 24.6 Å². The van der Waals surface area contributed by atoms with E-state index in [4.69, 9.17) is 4.74 Å². The van der Waals surface area contributed by atoms with Crippen LogP contribution in [0.5, 0.6) is 5.75 Å². The predicted molar refractivity (Wildman–Crippen MR) is 90.2 cm³/mol. The maximum atomic E-state index is 12.0. The van der Waals surface area contributed by atoms with E-state index in [0.717, 1.165) is 11.3 Å². The molecule has 2 rings (SSSR count). The minimum absolute atomic E-state index is 0.195. The number of benzene rings is 1. The van der Waals surface area contributed by atoms with Crippen LogP contribution < -0.4 is 15.7 Å². The highest BCUT2D eigenvalue weighted by molar-refractivity contribution is 5.80. The monoisotopic (exact) mass is 315 g/mol. The van der Waals surface area contributed by atoms with Crippen molar-refractivity contribution in [1.82, 2.24) is 15.2 Å². The molecule has 122 valence electrons. The number of rotatable bonds is 5. The van der Waals surface area contributed by atoms with Crippen molar-refractivity contribution >= 4 is 12.2 Å². The molecule has 0 atom stereocenters. The van der Waals surface area contributed by atoms with Crippen LogP contribution in [0, 0.1) is 0 Å². The van der Waals surface area contributed by atoms with E-state index >= 15 is 0 Å². The lowest BCUT2D eigenvalue weighted by Crippen LogP contribution is -2.28. The van der Waals surface area contributed by atoms with Crippen molar-refractivity contribution < 1.29 is 4.74 Å². The van der Waals surface area contributed by atoms with E-state index in [9.17, 15) is 4.79 Å². The van der Waals surface area contributed by atoms with Gasteiger partial charge in [0.05, 0.1) is 12.8 Å². The summed E-state index contributed by atoms with van der Waals surface area (Å²) >= 11 is 0. The molecule has 0 radical (unpaired) electrons. The highest BCUT2D eigenvalue weighted by Crippen LogP contribution is 2.15. The Morgan fingerprint density at radius 3 is 2.78 bits per heavy atom. The number of aromatic nitrogens is 3. The molecule has 0 aliphatic rings. The smallest absolute Gasteiger partial charge is 0.274 e. The van der Waals surface area contributed by atoms with E-state index in [-0.39, 0.29) is 16.9 Å². The number of H-pyrrole nitrogens is 1. The summed E-state index contributed by atoms with van der Waals surface area (Å²) < 4.78 is 5.42. The molecule has 0 aliphatic carbocycles. The van der Waals surface area contributed by atoms with Crippen LogP contribution in [0.2, 0.25) is 0 Å². The van der Waals surface area contributed by atoms with Crippen molar-refractivity contribution in [3.05, 3.63) is 45.9 Å². The number of nitrogens with one attached hydrogen (secondary N) is 2. The summed E-state index contributed by atoms with van der Waals surface area (Å²) in [5.41, 5.74) is 3.28. The first kappa shape index (κ1) is 16.7. The van der Waals surface area contributed by atoms with E-state index in [1.165, 1.54) is 0 Å². The molecule has 23 heavy (non-hydrogen) atoms. The average molecular weight is 315 g/mol. The van der Waals surface area contributed by atoms with Gasteiger partial charge in [-0.15, -0.1) is 10.2 Å². The number of hydrazone groups is 1. The molecule has 0 saturated carbocycles. The van der Waals surface area contributed by atoms with Crippen molar-refractivity contribution in [2.24, 2.45) is 5.10 Å². The molecule has 0 saturated heterocycles. The van der Waals surface area contributed by atoms with Crippen LogP contribution in [0.15, 0.2) is 34.2 Å². The summed E-state index contributed by atoms with van der Waals surface area (Å²) in [4.78, 5) is 14.6. The van der Waals surface area contributed by atoms with Gasteiger partial charge in [-0.25, -0.2) is 5.43 Å². The van der Waals surface area contributed by atoms with Gasteiger partial charge in [0, 0.05) is 5.41 Å². The summed E-state index contributed by atoms with van der Waals surface area (Å²) in [5.74, 6) is 0.972. The number of aromatic amines is 1. The Morgan fingerprint density at radius 1 is 1.35 bits per heavy atom. The van der Waals surface area contributed by atoms with Crippen LogP contribution >= 0.6 is 0 Å². The molecule has 0 aliphatic heterocycles. The number of hydrogen-bond acceptors (Lipinski definition) is 6. The van der Waals surface area contributed by atoms with Crippen LogP contribution in [0.4, 0.5) is 5.95 Å². The Morgan fingerprint density at radius 2 is 2.13 bits per heavy atom. The topological polar surface area (TPSA) is 92.3 Å². The zero-order valence-electron chi connectivity index (χ0n) is 13.8. The minimum Gasteiger partial charge on any atom is -0.494 e. The van der Waals surface area contributed by atoms with E-state index in [1.54, 1.807) is 6.21 Å². The van der Waals surface area contributed by atoms with Gasteiger partial charge in [0.2, 0.25) is 5.95 Å². The van der Waals surface area contributed by atoms with Crippen LogP contribution in [0.3, 0.4) is 0 Å². The molecule has 7 nitrogen and oxygen atoms in total. The van der Waals surface area contributed by atoms with Crippen molar-refractivity contribution in [3.63, 3.8) is 0 Å². The van der Waals surface area contributed by atoms with Crippen molar-refractivity contribution in [1.29, 1.82) is 0 Å². The minimum atomic E-state index is -0.359. The lowest BCUT2D eigenvalue weighted by Gasteiger charge is -2.15. The number of nitrogens with zero attached hydrogens (tertiary/aromatic N) is 3. The molecule has 1 heterocycles.